The van der Waals surface area contributed by atoms with E-state index in [-0.39, 0.29) is 6.10 Å². The molecule has 0 bridgehead atoms. The van der Waals surface area contributed by atoms with E-state index in [1.165, 1.54) is 4.88 Å². The molecule has 16 heavy (non-hydrogen) atoms. The third kappa shape index (κ3) is 3.53. The van der Waals surface area contributed by atoms with Crippen LogP contribution in [0.1, 0.15) is 11.3 Å². The largest absolute Gasteiger partial charge is 0.391 e. The predicted octanol–water partition coefficient (Wildman–Crippen LogP) is 2.00. The van der Waals surface area contributed by atoms with Crippen molar-refractivity contribution in [2.45, 2.75) is 19.1 Å². The smallest absolute Gasteiger partial charge is 0.0715 e. The lowest BCUT2D eigenvalue weighted by Crippen LogP contribution is -2.32. The summed E-state index contributed by atoms with van der Waals surface area (Å²) >= 11 is 5.15. The number of nitrogens with one attached hydrogen (secondary N) is 1. The number of aliphatic hydroxyl groups excluding tert-OH is 1. The molecule has 0 aliphatic carbocycles. The number of ether oxygens (including phenoxy) is 1. The summed E-state index contributed by atoms with van der Waals surface area (Å²) in [5, 5.41) is 13.2. The minimum atomic E-state index is -0.286. The number of rotatable bonds is 5. The zero-order valence-electron chi connectivity index (χ0n) is 8.99. The molecule has 1 aliphatic rings. The maximum absolute atomic E-state index is 9.88. The van der Waals surface area contributed by atoms with E-state index < -0.39 is 0 Å². The zero-order valence-corrected chi connectivity index (χ0v) is 11.4. The minimum Gasteiger partial charge on any atom is -0.391 e. The molecule has 2 N–H and O–H groups in total. The van der Waals surface area contributed by atoms with E-state index in [1.807, 2.05) is 6.07 Å². The third-order valence-corrected chi connectivity index (χ3v) is 4.41. The van der Waals surface area contributed by atoms with Crippen LogP contribution in [0, 0.1) is 5.92 Å². The van der Waals surface area contributed by atoms with Gasteiger partial charge in [0.1, 0.15) is 0 Å². The lowest BCUT2D eigenvalue weighted by atomic mass is 10.0. The molecule has 0 aromatic carbocycles. The fourth-order valence-electron chi connectivity index (χ4n) is 1.81. The van der Waals surface area contributed by atoms with Crippen LogP contribution in [0.25, 0.3) is 0 Å². The Morgan fingerprint density at radius 1 is 1.62 bits per heavy atom. The molecule has 2 unspecified atom stereocenters. The van der Waals surface area contributed by atoms with Crippen LogP contribution < -0.4 is 5.32 Å². The number of hydrogen-bond donors (Lipinski definition) is 2. The Kier molecular flexibility index (Phi) is 4.79. The van der Waals surface area contributed by atoms with Crippen LogP contribution in [0.3, 0.4) is 0 Å². The van der Waals surface area contributed by atoms with Gasteiger partial charge in [-0.25, -0.2) is 0 Å². The molecule has 1 aromatic heterocycles. The predicted molar refractivity (Wildman–Crippen MR) is 68.7 cm³/mol. The van der Waals surface area contributed by atoms with Gasteiger partial charge in [0, 0.05) is 30.5 Å². The lowest BCUT2D eigenvalue weighted by molar-refractivity contribution is 0.0907. The van der Waals surface area contributed by atoms with Gasteiger partial charge >= 0.3 is 0 Å². The van der Waals surface area contributed by atoms with Gasteiger partial charge in [0.25, 0.3) is 0 Å². The monoisotopic (exact) mass is 305 g/mol. The molecule has 0 amide bonds. The highest BCUT2D eigenvalue weighted by Crippen LogP contribution is 2.22. The van der Waals surface area contributed by atoms with E-state index in [1.54, 1.807) is 11.3 Å². The molecule has 1 fully saturated rings. The van der Waals surface area contributed by atoms with Crippen molar-refractivity contribution in [3.05, 3.63) is 20.8 Å². The first kappa shape index (κ1) is 12.5. The van der Waals surface area contributed by atoms with Crippen molar-refractivity contribution in [1.29, 1.82) is 0 Å². The Morgan fingerprint density at radius 2 is 2.50 bits per heavy atom. The second-order valence-corrected chi connectivity index (χ2v) is 6.58. The standard InChI is InChI=1S/C11H16BrNO2S/c12-11-2-1-9(16-11)5-13-6-10(14)8-3-4-15-7-8/h1-2,8,10,13-14H,3-7H2. The van der Waals surface area contributed by atoms with Gasteiger partial charge in [-0.2, -0.15) is 0 Å². The second kappa shape index (κ2) is 6.12. The Bertz CT molecular complexity index is 326. The van der Waals surface area contributed by atoms with Gasteiger partial charge in [0.2, 0.25) is 0 Å². The van der Waals surface area contributed by atoms with Crippen LogP contribution in [0.15, 0.2) is 15.9 Å². The molecule has 2 rings (SSSR count). The summed E-state index contributed by atoms with van der Waals surface area (Å²) in [7, 11) is 0. The Balaban J connectivity index is 1.67. The Morgan fingerprint density at radius 3 is 3.12 bits per heavy atom. The molecule has 0 saturated carbocycles. The molecule has 2 atom stereocenters. The van der Waals surface area contributed by atoms with Crippen molar-refractivity contribution in [3.8, 4) is 0 Å². The van der Waals surface area contributed by atoms with Gasteiger partial charge in [0.05, 0.1) is 16.5 Å². The summed E-state index contributed by atoms with van der Waals surface area (Å²) in [5.74, 6) is 0.308. The number of aliphatic hydroxyl groups is 1. The first-order chi connectivity index (χ1) is 7.75. The summed E-state index contributed by atoms with van der Waals surface area (Å²) < 4.78 is 6.40. The summed E-state index contributed by atoms with van der Waals surface area (Å²) in [6, 6.07) is 4.13. The average molecular weight is 306 g/mol. The van der Waals surface area contributed by atoms with E-state index >= 15 is 0 Å². The molecule has 3 nitrogen and oxygen atoms in total. The molecule has 0 spiro atoms. The van der Waals surface area contributed by atoms with E-state index in [2.05, 4.69) is 27.3 Å². The fraction of sp³-hybridized carbons (Fsp3) is 0.636. The highest BCUT2D eigenvalue weighted by molar-refractivity contribution is 9.11. The molecule has 1 aromatic rings. The molecule has 90 valence electrons. The first-order valence-corrected chi connectivity index (χ1v) is 7.07. The maximum Gasteiger partial charge on any atom is 0.0715 e. The topological polar surface area (TPSA) is 41.5 Å². The van der Waals surface area contributed by atoms with Crippen LogP contribution in [0.5, 0.6) is 0 Å². The van der Waals surface area contributed by atoms with Gasteiger partial charge in [-0.3, -0.25) is 0 Å². The lowest BCUT2D eigenvalue weighted by Gasteiger charge is -2.16. The normalized spacial score (nSPS) is 22.5. The zero-order chi connectivity index (χ0) is 11.4. The van der Waals surface area contributed by atoms with Crippen molar-refractivity contribution >= 4 is 27.3 Å². The molecule has 1 saturated heterocycles. The molecule has 5 heteroatoms. The number of thiophene rings is 1. The Hall–Kier alpha value is 0.0600. The van der Waals surface area contributed by atoms with E-state index in [4.69, 9.17) is 4.74 Å². The molecule has 2 heterocycles. The number of hydrogen-bond acceptors (Lipinski definition) is 4. The molecular formula is C11H16BrNO2S. The number of halogens is 1. The highest BCUT2D eigenvalue weighted by atomic mass is 79.9. The SMILES string of the molecule is OC(CNCc1ccc(Br)s1)C1CCOC1. The average Bonchev–Trinajstić information content (AvgIpc) is 2.89. The van der Waals surface area contributed by atoms with Crippen LogP contribution >= 0.6 is 27.3 Å². The molecule has 0 radical (unpaired) electrons. The molecule has 1 aliphatic heterocycles. The van der Waals surface area contributed by atoms with Crippen molar-refractivity contribution in [3.63, 3.8) is 0 Å². The molecular weight excluding hydrogens is 290 g/mol. The summed E-state index contributed by atoms with van der Waals surface area (Å²) in [5.41, 5.74) is 0. The third-order valence-electron chi connectivity index (χ3n) is 2.79. The fourth-order valence-corrected chi connectivity index (χ4v) is 3.27. The quantitative estimate of drug-likeness (QED) is 0.874. The minimum absolute atomic E-state index is 0.286. The Labute approximate surface area is 108 Å². The maximum atomic E-state index is 9.88. The van der Waals surface area contributed by atoms with Crippen molar-refractivity contribution in [2.24, 2.45) is 5.92 Å². The van der Waals surface area contributed by atoms with Gasteiger partial charge in [-0.15, -0.1) is 11.3 Å². The van der Waals surface area contributed by atoms with Crippen molar-refractivity contribution < 1.29 is 9.84 Å². The van der Waals surface area contributed by atoms with Gasteiger partial charge in [-0.05, 0) is 34.5 Å². The van der Waals surface area contributed by atoms with Crippen LogP contribution in [0.2, 0.25) is 0 Å². The van der Waals surface area contributed by atoms with Crippen LogP contribution in [0.4, 0.5) is 0 Å². The van der Waals surface area contributed by atoms with E-state index in [0.717, 1.165) is 23.4 Å². The van der Waals surface area contributed by atoms with Crippen LogP contribution in [-0.2, 0) is 11.3 Å². The highest BCUT2D eigenvalue weighted by Gasteiger charge is 2.23. The van der Waals surface area contributed by atoms with Crippen molar-refractivity contribution in [2.75, 3.05) is 19.8 Å². The van der Waals surface area contributed by atoms with E-state index in [9.17, 15) is 5.11 Å². The van der Waals surface area contributed by atoms with Gasteiger partial charge in [-0.1, -0.05) is 0 Å². The summed E-state index contributed by atoms with van der Waals surface area (Å²) in [6.45, 7) is 2.96. The van der Waals surface area contributed by atoms with Gasteiger partial charge < -0.3 is 15.2 Å². The van der Waals surface area contributed by atoms with E-state index in [0.29, 0.717) is 19.1 Å². The summed E-state index contributed by atoms with van der Waals surface area (Å²) in [4.78, 5) is 1.28. The van der Waals surface area contributed by atoms with Gasteiger partial charge in [0.15, 0.2) is 0 Å². The first-order valence-electron chi connectivity index (χ1n) is 5.46. The van der Waals surface area contributed by atoms with Crippen molar-refractivity contribution in [1.82, 2.24) is 5.32 Å². The van der Waals surface area contributed by atoms with Crippen LogP contribution in [-0.4, -0.2) is 31.0 Å². The summed E-state index contributed by atoms with van der Waals surface area (Å²) in [6.07, 6.45) is 0.693. The second-order valence-electron chi connectivity index (χ2n) is 4.03.